The van der Waals surface area contributed by atoms with E-state index in [1.54, 1.807) is 25.2 Å². The predicted molar refractivity (Wildman–Crippen MR) is 115 cm³/mol. The lowest BCUT2D eigenvalue weighted by Crippen LogP contribution is -2.22. The van der Waals surface area contributed by atoms with Crippen molar-refractivity contribution in [1.82, 2.24) is 10.3 Å². The van der Waals surface area contributed by atoms with E-state index in [0.29, 0.717) is 17.2 Å². The maximum atomic E-state index is 13.4. The number of carbonyl (C=O) groups is 2. The highest BCUT2D eigenvalue weighted by Gasteiger charge is 2.25. The molecule has 2 aromatic carbocycles. The number of carbonyl (C=O) groups excluding carboxylic acids is 2. The molecule has 4 rings (SSSR count). The number of nitrogens with one attached hydrogen (secondary N) is 2. The normalized spacial score (nSPS) is 15.6. The summed E-state index contributed by atoms with van der Waals surface area (Å²) < 4.78 is 0. The quantitative estimate of drug-likeness (QED) is 0.705. The van der Waals surface area contributed by atoms with Gasteiger partial charge in [-0.1, -0.05) is 25.1 Å². The maximum Gasteiger partial charge on any atom is 0.256 e. The number of hydrogen-bond donors (Lipinski definition) is 2. The molecule has 1 unspecified atom stereocenters. The number of aromatic nitrogens is 1. The van der Waals surface area contributed by atoms with Crippen molar-refractivity contribution in [3.63, 3.8) is 0 Å². The summed E-state index contributed by atoms with van der Waals surface area (Å²) in [6.45, 7) is 4.12. The SMILES string of the molecule is CNC(=O)c1ccc(NC(=O)c2c3c(nc4ccccc24)CCC(C)C3)c(C)c1. The molecular weight excluding hydrogens is 362 g/mol. The lowest BCUT2D eigenvalue weighted by Gasteiger charge is -2.24. The highest BCUT2D eigenvalue weighted by atomic mass is 16.2. The van der Waals surface area contributed by atoms with Gasteiger partial charge >= 0.3 is 0 Å². The smallest absolute Gasteiger partial charge is 0.256 e. The molecule has 5 nitrogen and oxygen atoms in total. The van der Waals surface area contributed by atoms with E-state index in [4.69, 9.17) is 4.98 Å². The van der Waals surface area contributed by atoms with Crippen molar-refractivity contribution in [2.24, 2.45) is 5.92 Å². The number of nitrogens with zero attached hydrogens (tertiary/aromatic N) is 1. The van der Waals surface area contributed by atoms with Crippen molar-refractivity contribution in [3.8, 4) is 0 Å². The molecule has 1 aromatic heterocycles. The number of fused-ring (bicyclic) bond motifs is 2. The van der Waals surface area contributed by atoms with Crippen LogP contribution in [0, 0.1) is 12.8 Å². The Morgan fingerprint density at radius 1 is 1.10 bits per heavy atom. The Hall–Kier alpha value is -3.21. The summed E-state index contributed by atoms with van der Waals surface area (Å²) in [6.07, 6.45) is 2.87. The minimum atomic E-state index is -0.144. The first-order valence-corrected chi connectivity index (χ1v) is 10.0. The predicted octanol–water partition coefficient (Wildman–Crippen LogP) is 4.28. The summed E-state index contributed by atoms with van der Waals surface area (Å²) in [6, 6.07) is 13.1. The van der Waals surface area contributed by atoms with Crippen LogP contribution in [0.1, 0.15) is 50.9 Å². The number of para-hydroxylation sites is 1. The zero-order valence-corrected chi connectivity index (χ0v) is 17.0. The second-order valence-electron chi connectivity index (χ2n) is 7.84. The Morgan fingerprint density at radius 3 is 2.66 bits per heavy atom. The number of aryl methyl sites for hydroxylation is 2. The molecular formula is C24H25N3O2. The fourth-order valence-corrected chi connectivity index (χ4v) is 4.10. The minimum absolute atomic E-state index is 0.121. The molecule has 0 saturated carbocycles. The highest BCUT2D eigenvalue weighted by Crippen LogP contribution is 2.32. The molecule has 3 aromatic rings. The summed E-state index contributed by atoms with van der Waals surface area (Å²) in [5.41, 5.74) is 5.83. The Balaban J connectivity index is 1.76. The van der Waals surface area contributed by atoms with Crippen LogP contribution in [0.4, 0.5) is 5.69 Å². The van der Waals surface area contributed by atoms with Crippen LogP contribution in [0.15, 0.2) is 42.5 Å². The van der Waals surface area contributed by atoms with E-state index in [0.717, 1.165) is 52.5 Å². The summed E-state index contributed by atoms with van der Waals surface area (Å²) >= 11 is 0. The third-order valence-electron chi connectivity index (χ3n) is 5.70. The maximum absolute atomic E-state index is 13.4. The van der Waals surface area contributed by atoms with E-state index in [-0.39, 0.29) is 11.8 Å². The molecule has 5 heteroatoms. The topological polar surface area (TPSA) is 71.1 Å². The second-order valence-corrected chi connectivity index (χ2v) is 7.84. The Labute approximate surface area is 170 Å². The van der Waals surface area contributed by atoms with E-state index in [1.807, 2.05) is 31.2 Å². The van der Waals surface area contributed by atoms with Gasteiger partial charge in [-0.3, -0.25) is 14.6 Å². The Kier molecular flexibility index (Phi) is 5.05. The molecule has 1 aliphatic rings. The van der Waals surface area contributed by atoms with Crippen LogP contribution in [0.5, 0.6) is 0 Å². The van der Waals surface area contributed by atoms with Crippen molar-refractivity contribution < 1.29 is 9.59 Å². The summed E-state index contributed by atoms with van der Waals surface area (Å²) in [5, 5.41) is 6.58. The first-order valence-electron chi connectivity index (χ1n) is 10.0. The van der Waals surface area contributed by atoms with Crippen LogP contribution < -0.4 is 10.6 Å². The number of rotatable bonds is 3. The molecule has 1 heterocycles. The standard InChI is InChI=1S/C24H25N3O2/c1-14-8-10-21-18(12-14)22(17-6-4-5-7-20(17)26-21)24(29)27-19-11-9-16(13-15(19)2)23(28)25-3/h4-7,9,11,13-14H,8,10,12H2,1-3H3,(H,25,28)(H,27,29). The van der Waals surface area contributed by atoms with E-state index in [1.165, 1.54) is 0 Å². The van der Waals surface area contributed by atoms with E-state index < -0.39 is 0 Å². The molecule has 2 amide bonds. The van der Waals surface area contributed by atoms with Crippen LogP contribution in [0.2, 0.25) is 0 Å². The zero-order chi connectivity index (χ0) is 20.5. The molecule has 0 aliphatic heterocycles. The molecule has 0 spiro atoms. The monoisotopic (exact) mass is 387 g/mol. The van der Waals surface area contributed by atoms with E-state index in [9.17, 15) is 9.59 Å². The summed E-state index contributed by atoms with van der Waals surface area (Å²) in [7, 11) is 1.60. The van der Waals surface area contributed by atoms with Gasteiger partial charge in [0.1, 0.15) is 0 Å². The van der Waals surface area contributed by atoms with Crippen LogP contribution in [-0.4, -0.2) is 23.8 Å². The molecule has 0 radical (unpaired) electrons. The highest BCUT2D eigenvalue weighted by molar-refractivity contribution is 6.14. The molecule has 1 atom stereocenters. The number of amides is 2. The third-order valence-corrected chi connectivity index (χ3v) is 5.70. The van der Waals surface area contributed by atoms with Gasteiger partial charge in [0.2, 0.25) is 0 Å². The average molecular weight is 387 g/mol. The van der Waals surface area contributed by atoms with Crippen molar-refractivity contribution in [1.29, 1.82) is 0 Å². The average Bonchev–Trinajstić information content (AvgIpc) is 2.72. The summed E-state index contributed by atoms with van der Waals surface area (Å²) in [4.78, 5) is 30.1. The number of anilines is 1. The Morgan fingerprint density at radius 2 is 1.90 bits per heavy atom. The van der Waals surface area contributed by atoms with Crippen molar-refractivity contribution in [3.05, 3.63) is 70.4 Å². The number of pyridine rings is 1. The van der Waals surface area contributed by atoms with Gasteiger partial charge in [-0.15, -0.1) is 0 Å². The van der Waals surface area contributed by atoms with Crippen molar-refractivity contribution >= 4 is 28.4 Å². The van der Waals surface area contributed by atoms with Gasteiger partial charge in [-0.05, 0) is 67.5 Å². The minimum Gasteiger partial charge on any atom is -0.355 e. The second kappa shape index (κ2) is 7.66. The van der Waals surface area contributed by atoms with E-state index in [2.05, 4.69) is 17.6 Å². The lowest BCUT2D eigenvalue weighted by molar-refractivity contribution is 0.0962. The first kappa shape index (κ1) is 19.1. The lowest BCUT2D eigenvalue weighted by atomic mass is 9.84. The summed E-state index contributed by atoms with van der Waals surface area (Å²) in [5.74, 6) is 0.268. The molecule has 29 heavy (non-hydrogen) atoms. The van der Waals surface area contributed by atoms with Crippen molar-refractivity contribution in [2.45, 2.75) is 33.1 Å². The van der Waals surface area contributed by atoms with Gasteiger partial charge in [0, 0.05) is 29.4 Å². The van der Waals surface area contributed by atoms with Crippen LogP contribution in [0.25, 0.3) is 10.9 Å². The largest absolute Gasteiger partial charge is 0.355 e. The van der Waals surface area contributed by atoms with Gasteiger partial charge in [0.15, 0.2) is 0 Å². The molecule has 0 fully saturated rings. The molecule has 0 bridgehead atoms. The van der Waals surface area contributed by atoms with Gasteiger partial charge < -0.3 is 10.6 Å². The molecule has 1 aliphatic carbocycles. The molecule has 148 valence electrons. The van der Waals surface area contributed by atoms with Crippen molar-refractivity contribution in [2.75, 3.05) is 12.4 Å². The van der Waals surface area contributed by atoms with Gasteiger partial charge in [0.05, 0.1) is 11.1 Å². The van der Waals surface area contributed by atoms with Gasteiger partial charge in [0.25, 0.3) is 11.8 Å². The Bertz CT molecular complexity index is 1120. The van der Waals surface area contributed by atoms with Crippen LogP contribution >= 0.6 is 0 Å². The van der Waals surface area contributed by atoms with Gasteiger partial charge in [-0.25, -0.2) is 0 Å². The number of hydrogen-bond acceptors (Lipinski definition) is 3. The van der Waals surface area contributed by atoms with Gasteiger partial charge in [-0.2, -0.15) is 0 Å². The van der Waals surface area contributed by atoms with Crippen LogP contribution in [0.3, 0.4) is 0 Å². The first-order chi connectivity index (χ1) is 14.0. The third kappa shape index (κ3) is 3.60. The molecule has 2 N–H and O–H groups in total. The zero-order valence-electron chi connectivity index (χ0n) is 17.0. The fraction of sp³-hybridized carbons (Fsp3) is 0.292. The molecule has 0 saturated heterocycles. The van der Waals surface area contributed by atoms with E-state index >= 15 is 0 Å². The number of benzene rings is 2. The van der Waals surface area contributed by atoms with Crippen LogP contribution in [-0.2, 0) is 12.8 Å². The fourth-order valence-electron chi connectivity index (χ4n) is 4.10.